The van der Waals surface area contributed by atoms with E-state index < -0.39 is 68.9 Å². The number of ether oxygens (including phenoxy) is 3. The summed E-state index contributed by atoms with van der Waals surface area (Å²) >= 11 is 0. The molecule has 2 aliphatic rings. The number of anilines is 2. The van der Waals surface area contributed by atoms with Crippen molar-refractivity contribution in [3.63, 3.8) is 0 Å². The maximum Gasteiger partial charge on any atom is 0.474 e. The molecule has 0 unspecified atom stereocenters. The summed E-state index contributed by atoms with van der Waals surface area (Å²) in [5, 5.41) is 73.4. The zero-order valence-corrected chi connectivity index (χ0v) is 33.5. The predicted octanol–water partition coefficient (Wildman–Crippen LogP) is 2.02. The molecular formula is C37H51N10O11P. The van der Waals surface area contributed by atoms with E-state index in [0.29, 0.717) is 17.6 Å². The molecule has 22 heteroatoms. The highest BCUT2D eigenvalue weighted by Crippen LogP contribution is 2.52. The number of aliphatic hydroxyl groups excluding tert-OH is 4. The molecule has 2 fully saturated rings. The molecule has 320 valence electrons. The Hall–Kier alpha value is -4.35. The Kier molecular flexibility index (Phi) is 14.5. The fourth-order valence-electron chi connectivity index (χ4n) is 7.32. The van der Waals surface area contributed by atoms with Crippen LogP contribution in [0.15, 0.2) is 36.9 Å². The van der Waals surface area contributed by atoms with Crippen molar-refractivity contribution < 1.29 is 52.8 Å². The zero-order valence-electron chi connectivity index (χ0n) is 32.7. The molecule has 21 nitrogen and oxygen atoms in total. The van der Waals surface area contributed by atoms with Crippen molar-refractivity contribution in [2.75, 3.05) is 44.5 Å². The summed E-state index contributed by atoms with van der Waals surface area (Å²) in [5.41, 5.74) is 8.28. The largest absolute Gasteiger partial charge is 0.474 e. The first-order chi connectivity index (χ1) is 28.4. The maximum absolute atomic E-state index is 14.2. The fourth-order valence-corrected chi connectivity index (χ4v) is 8.55. The maximum atomic E-state index is 14.2. The predicted molar refractivity (Wildman–Crippen MR) is 207 cm³/mol. The van der Waals surface area contributed by atoms with Gasteiger partial charge in [-0.3, -0.25) is 13.6 Å². The number of aromatic nitrogens is 6. The van der Waals surface area contributed by atoms with Gasteiger partial charge in [-0.1, -0.05) is 51.9 Å². The second kappa shape index (κ2) is 19.4. The first kappa shape index (κ1) is 44.2. The van der Waals surface area contributed by atoms with Gasteiger partial charge in [0, 0.05) is 13.2 Å². The lowest BCUT2D eigenvalue weighted by molar-refractivity contribution is -0.0741. The van der Waals surface area contributed by atoms with Crippen LogP contribution in [0.5, 0.6) is 0 Å². The molecular weight excluding hydrogens is 791 g/mol. The summed E-state index contributed by atoms with van der Waals surface area (Å²) < 4.78 is 51.3. The van der Waals surface area contributed by atoms with Crippen LogP contribution >= 0.6 is 7.82 Å². The lowest BCUT2D eigenvalue weighted by Crippen LogP contribution is -2.41. The molecule has 8 N–H and O–H groups in total. The third kappa shape index (κ3) is 9.07. The van der Waals surface area contributed by atoms with Gasteiger partial charge in [0.25, 0.3) is 0 Å². The van der Waals surface area contributed by atoms with Crippen LogP contribution < -0.4 is 11.5 Å². The Morgan fingerprint density at radius 2 is 1.17 bits per heavy atom. The molecule has 6 heterocycles. The van der Waals surface area contributed by atoms with E-state index in [-0.39, 0.29) is 42.7 Å². The lowest BCUT2D eigenvalue weighted by Gasteiger charge is -2.25. The molecule has 2 aliphatic heterocycles. The monoisotopic (exact) mass is 842 g/mol. The number of unbranched alkanes of at least 4 members (excludes halogenated alkanes) is 7. The Balaban J connectivity index is 1.12. The van der Waals surface area contributed by atoms with Crippen LogP contribution in [0, 0.1) is 22.7 Å². The highest BCUT2D eigenvalue weighted by Gasteiger charge is 2.59. The van der Waals surface area contributed by atoms with E-state index in [0.717, 1.165) is 31.9 Å². The van der Waals surface area contributed by atoms with Crippen LogP contribution in [0.1, 0.15) is 76.1 Å². The van der Waals surface area contributed by atoms with Crippen molar-refractivity contribution in [1.29, 1.82) is 10.5 Å². The standard InChI is InChI=1S/C37H51N10O11P/c1-2-3-4-5-6-7-8-9-15-53-16-10-17-54-59(52,55-18-26-30(48)32(50)36(20-38,57-26)28-13-11-24-34(40)42-22-44-46(24)28)56-19-27-31(49)33(51)37(21-39,58-27)29-14-12-25-35(41)43-23-45-47(25)29/h11-14,22-23,26-27,30-33,48-51H,2-10,15-19H2,1H3,(H2,40,42,44)(H2,41,43,45)/t26-,27-,30-,31-,32-,33-,36+,37+/m1/s1. The number of nitrogen functional groups attached to an aromatic ring is 2. The molecule has 0 bridgehead atoms. The first-order valence-corrected chi connectivity index (χ1v) is 21.1. The number of fused-ring (bicyclic) bond motifs is 2. The van der Waals surface area contributed by atoms with Crippen molar-refractivity contribution in [3.8, 4) is 12.1 Å². The Morgan fingerprint density at radius 3 is 1.64 bits per heavy atom. The van der Waals surface area contributed by atoms with Gasteiger partial charge in [0.15, 0.2) is 11.6 Å². The smallest absolute Gasteiger partial charge is 0.387 e. The zero-order chi connectivity index (χ0) is 42.2. The van der Waals surface area contributed by atoms with Crippen LogP contribution in [0.25, 0.3) is 11.0 Å². The average molecular weight is 843 g/mol. The van der Waals surface area contributed by atoms with Gasteiger partial charge in [-0.25, -0.2) is 23.6 Å². The van der Waals surface area contributed by atoms with Crippen LogP contribution in [0.3, 0.4) is 0 Å². The SMILES string of the molecule is CCCCCCCCCCOCCCOP(=O)(OC[C@H]1O[C@@](C#N)(c2ccc3c(N)ncnn23)[C@H](O)[C@@H]1O)OC[C@H]1O[C@@](C#N)(c2ccc3c(N)ncnn23)[C@H](O)[C@@H]1O. The van der Waals surface area contributed by atoms with Crippen molar-refractivity contribution in [2.45, 2.75) is 113 Å². The topological polar surface area (TPSA) is 313 Å². The number of nitrogens with two attached hydrogens (primary N) is 2. The molecule has 4 aromatic heterocycles. The summed E-state index contributed by atoms with van der Waals surface area (Å²) in [4.78, 5) is 7.84. The molecule has 0 saturated carbocycles. The van der Waals surface area contributed by atoms with Gasteiger partial charge in [0.1, 0.15) is 72.5 Å². The molecule has 0 radical (unpaired) electrons. The molecule has 59 heavy (non-hydrogen) atoms. The van der Waals surface area contributed by atoms with E-state index in [2.05, 4.69) is 27.1 Å². The molecule has 0 aliphatic carbocycles. The second-order valence-electron chi connectivity index (χ2n) is 14.5. The van der Waals surface area contributed by atoms with Gasteiger partial charge in [-0.15, -0.1) is 0 Å². The first-order valence-electron chi connectivity index (χ1n) is 19.6. The number of hydrogen-bond acceptors (Lipinski definition) is 19. The van der Waals surface area contributed by atoms with Gasteiger partial charge in [0.2, 0.25) is 11.2 Å². The Morgan fingerprint density at radius 1 is 0.712 bits per heavy atom. The Bertz CT molecular complexity index is 2030. The minimum atomic E-state index is -4.66. The number of nitrogens with zero attached hydrogens (tertiary/aromatic N) is 8. The van der Waals surface area contributed by atoms with Crippen LogP contribution in [0.4, 0.5) is 11.6 Å². The van der Waals surface area contributed by atoms with Crippen molar-refractivity contribution >= 4 is 30.5 Å². The van der Waals surface area contributed by atoms with E-state index in [1.54, 1.807) is 0 Å². The van der Waals surface area contributed by atoms with Gasteiger partial charge < -0.3 is 46.1 Å². The molecule has 2 saturated heterocycles. The number of hydrogen-bond donors (Lipinski definition) is 6. The molecule has 8 atom stereocenters. The number of phosphoric ester groups is 1. The van der Waals surface area contributed by atoms with Crippen molar-refractivity contribution in [1.82, 2.24) is 29.2 Å². The quantitative estimate of drug-likeness (QED) is 0.0487. The molecule has 0 aromatic carbocycles. The molecule has 4 aromatic rings. The van der Waals surface area contributed by atoms with E-state index in [9.17, 15) is 35.5 Å². The third-order valence-corrected chi connectivity index (χ3v) is 12.0. The summed E-state index contributed by atoms with van der Waals surface area (Å²) in [5.74, 6) is 0.190. The highest BCUT2D eigenvalue weighted by molar-refractivity contribution is 7.48. The highest BCUT2D eigenvalue weighted by atomic mass is 31.2. The molecule has 6 rings (SSSR count). The van der Waals surface area contributed by atoms with Gasteiger partial charge in [-0.05, 0) is 37.1 Å². The summed E-state index contributed by atoms with van der Waals surface area (Å²) in [6, 6.07) is 9.77. The fraction of sp³-hybridized carbons (Fsp3) is 0.622. The van der Waals surface area contributed by atoms with Crippen molar-refractivity contribution in [2.24, 2.45) is 0 Å². The summed E-state index contributed by atoms with van der Waals surface area (Å²) in [7, 11) is -4.66. The lowest BCUT2D eigenvalue weighted by atomic mass is 9.92. The number of phosphoric acid groups is 1. The Labute approximate surface area is 340 Å². The van der Waals surface area contributed by atoms with Crippen LogP contribution in [-0.4, -0.2) is 119 Å². The average Bonchev–Trinajstić information content (AvgIpc) is 3.99. The number of nitriles is 2. The van der Waals surface area contributed by atoms with E-state index in [1.807, 2.05) is 12.1 Å². The van der Waals surface area contributed by atoms with E-state index >= 15 is 0 Å². The van der Waals surface area contributed by atoms with Crippen molar-refractivity contribution in [3.05, 3.63) is 48.3 Å². The van der Waals surface area contributed by atoms with Gasteiger partial charge >= 0.3 is 7.82 Å². The van der Waals surface area contributed by atoms with Gasteiger partial charge in [0.05, 0.1) is 31.2 Å². The summed E-state index contributed by atoms with van der Waals surface area (Å²) in [6.07, 6.45) is 1.79. The molecule has 0 amide bonds. The minimum absolute atomic E-state index is 0.0395. The third-order valence-electron chi connectivity index (χ3n) is 10.6. The second-order valence-corrected chi connectivity index (χ2v) is 16.2. The van der Waals surface area contributed by atoms with Gasteiger partial charge in [-0.2, -0.15) is 20.7 Å². The number of rotatable bonds is 22. The normalized spacial score (nSPS) is 27.1. The van der Waals surface area contributed by atoms with Crippen LogP contribution in [0.2, 0.25) is 0 Å². The van der Waals surface area contributed by atoms with E-state index in [4.69, 9.17) is 39.2 Å². The van der Waals surface area contributed by atoms with Crippen LogP contribution in [-0.2, 0) is 43.5 Å². The van der Waals surface area contributed by atoms with E-state index in [1.165, 1.54) is 65.4 Å². The minimum Gasteiger partial charge on any atom is -0.387 e. The molecule has 0 spiro atoms. The number of aliphatic hydroxyl groups is 4. The summed E-state index contributed by atoms with van der Waals surface area (Å²) in [6.45, 7) is 1.40.